The number of methoxy groups -OCH3 is 1. The number of ether oxygens (including phenoxy) is 1. The van der Waals surface area contributed by atoms with Crippen LogP contribution in [0.15, 0.2) is 12.0 Å². The third-order valence-electron chi connectivity index (χ3n) is 0.928. The van der Waals surface area contributed by atoms with E-state index in [1.165, 1.54) is 0 Å². The van der Waals surface area contributed by atoms with E-state index in [1.54, 1.807) is 7.11 Å². The van der Waals surface area contributed by atoms with Crippen LogP contribution in [0.3, 0.4) is 0 Å². The Morgan fingerprint density at radius 2 is 2.71 bits per heavy atom. The van der Waals surface area contributed by atoms with Crippen molar-refractivity contribution in [2.45, 2.75) is 6.42 Å². The summed E-state index contributed by atoms with van der Waals surface area (Å²) in [4.78, 5) is 0. The highest BCUT2D eigenvalue weighted by Gasteiger charge is 2.00. The van der Waals surface area contributed by atoms with Crippen molar-refractivity contribution in [2.24, 2.45) is 0 Å². The fourth-order valence-electron chi connectivity index (χ4n) is 0.513. The Hall–Kier alpha value is -0.660. The first-order chi connectivity index (χ1) is 3.43. The third-order valence-corrected chi connectivity index (χ3v) is 0.928. The van der Waals surface area contributed by atoms with Gasteiger partial charge in [-0.25, -0.2) is 0 Å². The van der Waals surface area contributed by atoms with E-state index in [1.807, 2.05) is 12.7 Å². The lowest BCUT2D eigenvalue weighted by molar-refractivity contribution is 0.286. The van der Waals surface area contributed by atoms with Gasteiger partial charge in [-0.05, 0) is 0 Å². The molecule has 0 saturated carbocycles. The molecule has 39 valence electrons. The minimum Gasteiger partial charge on any atom is -0.500 e. The molecule has 0 spiro atoms. The van der Waals surface area contributed by atoms with Crippen LogP contribution in [-0.4, -0.2) is 7.11 Å². The van der Waals surface area contributed by atoms with Crippen molar-refractivity contribution in [1.29, 1.82) is 0 Å². The van der Waals surface area contributed by atoms with E-state index >= 15 is 0 Å². The Balaban J connectivity index is 2.36. The Labute approximate surface area is 43.2 Å². The van der Waals surface area contributed by atoms with Gasteiger partial charge in [-0.3, -0.25) is 0 Å². The van der Waals surface area contributed by atoms with Gasteiger partial charge in [0.15, 0.2) is 0 Å². The van der Waals surface area contributed by atoms with Crippen molar-refractivity contribution in [3.05, 3.63) is 18.5 Å². The third kappa shape index (κ3) is 0.856. The van der Waals surface area contributed by atoms with Gasteiger partial charge >= 0.3 is 0 Å². The first-order valence-corrected chi connectivity index (χ1v) is 2.24. The van der Waals surface area contributed by atoms with Crippen molar-refractivity contribution in [3.8, 4) is 0 Å². The largest absolute Gasteiger partial charge is 0.500 e. The Morgan fingerprint density at radius 3 is 3.00 bits per heavy atom. The first-order valence-electron chi connectivity index (χ1n) is 2.24. The quantitative estimate of drug-likeness (QED) is 0.519. The lowest BCUT2D eigenvalue weighted by Gasteiger charge is -1.92. The standard InChI is InChI=1S/C5H8NO/c1-7-5-2-3-6-4-5/h3-4,6H,2H2,1H3. The summed E-state index contributed by atoms with van der Waals surface area (Å²) in [6.45, 7) is 1.94. The number of nitrogens with one attached hydrogen (secondary N) is 1. The van der Waals surface area contributed by atoms with E-state index in [4.69, 9.17) is 4.74 Å². The predicted octanol–water partition coefficient (Wildman–Crippen LogP) is 0.629. The molecule has 0 fully saturated rings. The molecule has 0 atom stereocenters. The topological polar surface area (TPSA) is 21.3 Å². The van der Waals surface area contributed by atoms with Crippen LogP contribution in [0.5, 0.6) is 0 Å². The monoisotopic (exact) mass is 98.1 g/mol. The average Bonchev–Trinajstić information content (AvgIpc) is 2.14. The zero-order valence-corrected chi connectivity index (χ0v) is 4.27. The van der Waals surface area contributed by atoms with Crippen molar-refractivity contribution in [2.75, 3.05) is 7.11 Å². The average molecular weight is 98.1 g/mol. The molecule has 1 heterocycles. The van der Waals surface area contributed by atoms with E-state index in [9.17, 15) is 0 Å². The number of rotatable bonds is 1. The minimum absolute atomic E-state index is 0.913. The molecular weight excluding hydrogens is 90.1 g/mol. The molecule has 2 nitrogen and oxygen atoms in total. The minimum atomic E-state index is 0.913. The van der Waals surface area contributed by atoms with Crippen molar-refractivity contribution < 1.29 is 4.74 Å². The van der Waals surface area contributed by atoms with Gasteiger partial charge in [0, 0.05) is 12.6 Å². The van der Waals surface area contributed by atoms with E-state index in [0.29, 0.717) is 0 Å². The van der Waals surface area contributed by atoms with Gasteiger partial charge in [0.25, 0.3) is 0 Å². The van der Waals surface area contributed by atoms with Crippen LogP contribution < -0.4 is 5.32 Å². The Morgan fingerprint density at radius 1 is 1.86 bits per heavy atom. The Kier molecular flexibility index (Phi) is 1.20. The molecule has 0 aromatic heterocycles. The van der Waals surface area contributed by atoms with E-state index in [0.717, 1.165) is 12.2 Å². The summed E-state index contributed by atoms with van der Waals surface area (Å²) in [6, 6.07) is 0. The molecule has 0 saturated heterocycles. The highest BCUT2D eigenvalue weighted by atomic mass is 16.5. The molecule has 0 amide bonds. The maximum atomic E-state index is 4.88. The smallest absolute Gasteiger partial charge is 0.113 e. The van der Waals surface area contributed by atoms with Crippen LogP contribution in [0.4, 0.5) is 0 Å². The van der Waals surface area contributed by atoms with Crippen LogP contribution in [0, 0.1) is 6.54 Å². The van der Waals surface area contributed by atoms with E-state index in [2.05, 4.69) is 5.32 Å². The molecular formula is C5H8NO. The molecule has 0 aromatic carbocycles. The second kappa shape index (κ2) is 1.87. The molecule has 1 N–H and O–H groups in total. The van der Waals surface area contributed by atoms with Gasteiger partial charge in [0.1, 0.15) is 5.76 Å². The highest BCUT2D eigenvalue weighted by molar-refractivity contribution is 5.03. The van der Waals surface area contributed by atoms with E-state index in [-0.39, 0.29) is 0 Å². The molecule has 1 rings (SSSR count). The predicted molar refractivity (Wildman–Crippen MR) is 27.1 cm³/mol. The van der Waals surface area contributed by atoms with Crippen molar-refractivity contribution in [1.82, 2.24) is 5.32 Å². The number of hydrogen-bond acceptors (Lipinski definition) is 2. The van der Waals surface area contributed by atoms with Gasteiger partial charge in [-0.1, -0.05) is 0 Å². The summed E-state index contributed by atoms with van der Waals surface area (Å²) in [6.07, 6.45) is 2.76. The summed E-state index contributed by atoms with van der Waals surface area (Å²) < 4.78 is 4.88. The molecule has 1 radical (unpaired) electrons. The van der Waals surface area contributed by atoms with Crippen molar-refractivity contribution >= 4 is 0 Å². The maximum absolute atomic E-state index is 4.88. The Bertz CT molecular complexity index is 88.1. The zero-order valence-electron chi connectivity index (χ0n) is 4.27. The fraction of sp³-hybridized carbons (Fsp3) is 0.400. The summed E-state index contributed by atoms with van der Waals surface area (Å²) in [5.41, 5.74) is 0. The molecule has 0 aliphatic carbocycles. The van der Waals surface area contributed by atoms with Gasteiger partial charge in [-0.2, -0.15) is 0 Å². The molecule has 1 aliphatic rings. The summed E-state index contributed by atoms with van der Waals surface area (Å²) in [5, 5.41) is 2.91. The molecule has 0 aromatic rings. The highest BCUT2D eigenvalue weighted by Crippen LogP contribution is 2.06. The van der Waals surface area contributed by atoms with Crippen LogP contribution >= 0.6 is 0 Å². The molecule has 1 aliphatic heterocycles. The summed E-state index contributed by atoms with van der Waals surface area (Å²) in [5.74, 6) is 1.00. The van der Waals surface area contributed by atoms with Crippen LogP contribution in [0.1, 0.15) is 6.42 Å². The molecule has 7 heavy (non-hydrogen) atoms. The first kappa shape index (κ1) is 4.50. The molecule has 2 heteroatoms. The lowest BCUT2D eigenvalue weighted by Crippen LogP contribution is -1.88. The number of hydrogen-bond donors (Lipinski definition) is 1. The molecule has 0 unspecified atom stereocenters. The normalized spacial score (nSPS) is 18.1. The summed E-state index contributed by atoms with van der Waals surface area (Å²) >= 11 is 0. The summed E-state index contributed by atoms with van der Waals surface area (Å²) in [7, 11) is 1.67. The second-order valence-corrected chi connectivity index (χ2v) is 1.39. The van der Waals surface area contributed by atoms with Crippen LogP contribution in [0.25, 0.3) is 0 Å². The van der Waals surface area contributed by atoms with E-state index < -0.39 is 0 Å². The lowest BCUT2D eigenvalue weighted by atomic mass is 10.4. The maximum Gasteiger partial charge on any atom is 0.113 e. The van der Waals surface area contributed by atoms with Gasteiger partial charge in [-0.15, -0.1) is 0 Å². The van der Waals surface area contributed by atoms with Crippen molar-refractivity contribution in [3.63, 3.8) is 0 Å². The fourth-order valence-corrected chi connectivity index (χ4v) is 0.513. The second-order valence-electron chi connectivity index (χ2n) is 1.39. The SMILES string of the molecule is COC1=CN[CH]C1. The van der Waals surface area contributed by atoms with Gasteiger partial charge < -0.3 is 10.1 Å². The van der Waals surface area contributed by atoms with Crippen LogP contribution in [-0.2, 0) is 4.74 Å². The zero-order chi connectivity index (χ0) is 5.11. The van der Waals surface area contributed by atoms with Crippen LogP contribution in [0.2, 0.25) is 0 Å². The van der Waals surface area contributed by atoms with Gasteiger partial charge in [0.05, 0.1) is 13.7 Å². The molecule has 0 bridgehead atoms. The van der Waals surface area contributed by atoms with Gasteiger partial charge in [0.2, 0.25) is 0 Å².